The highest BCUT2D eigenvalue weighted by Crippen LogP contribution is 2.38. The molecule has 0 aromatic heterocycles. The highest BCUT2D eigenvalue weighted by atomic mass is 35.5. The van der Waals surface area contributed by atoms with Gasteiger partial charge in [-0.15, -0.1) is 0 Å². The maximum Gasteiger partial charge on any atom is 0.418 e. The molecule has 1 unspecified atom stereocenters. The first-order valence-electron chi connectivity index (χ1n) is 19.7. The molecule has 0 saturated carbocycles. The number of piperazine rings is 1. The van der Waals surface area contributed by atoms with Crippen molar-refractivity contribution in [2.75, 3.05) is 100.0 Å². The first kappa shape index (κ1) is 41.9. The minimum Gasteiger partial charge on any atom is -0.461 e. The number of amides is 3. The molecule has 4 aliphatic heterocycles. The number of para-hydroxylation sites is 2. The fourth-order valence-corrected chi connectivity index (χ4v) is 8.14. The summed E-state index contributed by atoms with van der Waals surface area (Å²) in [5.74, 6) is -1.24. The number of rotatable bonds is 10. The Morgan fingerprint density at radius 3 is 2.25 bits per heavy atom. The molecule has 3 fully saturated rings. The van der Waals surface area contributed by atoms with Crippen LogP contribution in [-0.2, 0) is 36.4 Å². The lowest BCUT2D eigenvalue weighted by atomic mass is 9.87. The molecule has 2 atom stereocenters. The number of carbonyl (C=O) groups is 4. The second-order valence-electron chi connectivity index (χ2n) is 15.0. The second-order valence-corrected chi connectivity index (χ2v) is 15.5. The lowest BCUT2D eigenvalue weighted by molar-refractivity contribution is -0.141. The van der Waals surface area contributed by atoms with Gasteiger partial charge in [0.15, 0.2) is 6.10 Å². The van der Waals surface area contributed by atoms with Crippen molar-refractivity contribution in [1.82, 2.24) is 14.7 Å². The van der Waals surface area contributed by atoms with E-state index in [2.05, 4.69) is 15.5 Å². The third kappa shape index (κ3) is 10.1. The van der Waals surface area contributed by atoms with E-state index in [1.807, 2.05) is 41.3 Å². The average Bonchev–Trinajstić information content (AvgIpc) is 3.24. The van der Waals surface area contributed by atoms with Gasteiger partial charge in [0, 0.05) is 71.0 Å². The summed E-state index contributed by atoms with van der Waals surface area (Å²) in [6.45, 7) is 5.60. The van der Waals surface area contributed by atoms with Crippen molar-refractivity contribution in [2.45, 2.75) is 37.6 Å². The van der Waals surface area contributed by atoms with Gasteiger partial charge in [-0.25, -0.2) is 9.59 Å². The monoisotopic (exact) mass is 841 g/mol. The number of likely N-dealkylation sites (tertiary alicyclic amines) is 1. The summed E-state index contributed by atoms with van der Waals surface area (Å²) in [5, 5.41) is 5.90. The molecule has 0 bridgehead atoms. The van der Waals surface area contributed by atoms with E-state index in [4.69, 9.17) is 31.5 Å². The smallest absolute Gasteiger partial charge is 0.418 e. The molecule has 59 heavy (non-hydrogen) atoms. The number of ether oxygens (including phenoxy) is 3. The van der Waals surface area contributed by atoms with Crippen LogP contribution in [0.25, 0.3) is 0 Å². The summed E-state index contributed by atoms with van der Waals surface area (Å²) in [5.41, 5.74) is 6.65. The number of morpholine rings is 1. The zero-order valence-corrected chi connectivity index (χ0v) is 33.1. The lowest BCUT2D eigenvalue weighted by Crippen LogP contribution is -2.53. The number of hydrogen-bond donors (Lipinski definition) is 3. The molecule has 18 heteroatoms. The third-order valence-corrected chi connectivity index (χ3v) is 11.6. The summed E-state index contributed by atoms with van der Waals surface area (Å²) >= 11 is 6.13. The summed E-state index contributed by atoms with van der Waals surface area (Å²) in [4.78, 5) is 60.5. The number of carbonyl (C=O) groups excluding carboxylic acids is 4. The Morgan fingerprint density at radius 1 is 0.898 bits per heavy atom. The van der Waals surface area contributed by atoms with Crippen LogP contribution in [0.15, 0.2) is 60.7 Å². The second kappa shape index (κ2) is 18.3. The van der Waals surface area contributed by atoms with Crippen LogP contribution in [0.1, 0.15) is 34.3 Å². The van der Waals surface area contributed by atoms with E-state index in [1.54, 1.807) is 12.1 Å². The molecular formula is C41H47ClF3N7O7. The number of benzene rings is 3. The minimum atomic E-state index is -4.81. The van der Waals surface area contributed by atoms with Crippen LogP contribution in [0.5, 0.6) is 0 Å². The highest BCUT2D eigenvalue weighted by Gasteiger charge is 2.39. The van der Waals surface area contributed by atoms with Gasteiger partial charge in [0.1, 0.15) is 12.6 Å². The van der Waals surface area contributed by atoms with Crippen molar-refractivity contribution in [3.8, 4) is 0 Å². The molecule has 4 heterocycles. The number of nitrogens with two attached hydrogens (primary N) is 1. The number of nitrogens with zero attached hydrogens (tertiary/aromatic N) is 4. The van der Waals surface area contributed by atoms with Crippen LogP contribution in [0.4, 0.5) is 40.7 Å². The number of anilines is 4. The summed E-state index contributed by atoms with van der Waals surface area (Å²) < 4.78 is 58.3. The molecule has 0 spiro atoms. The van der Waals surface area contributed by atoms with E-state index in [1.165, 1.54) is 15.9 Å². The molecule has 316 valence electrons. The van der Waals surface area contributed by atoms with Gasteiger partial charge in [0.2, 0.25) is 5.91 Å². The van der Waals surface area contributed by atoms with Crippen molar-refractivity contribution in [3.63, 3.8) is 0 Å². The van der Waals surface area contributed by atoms with Crippen molar-refractivity contribution >= 4 is 58.2 Å². The third-order valence-electron chi connectivity index (χ3n) is 11.3. The highest BCUT2D eigenvalue weighted by molar-refractivity contribution is 6.33. The lowest BCUT2D eigenvalue weighted by Gasteiger charge is -2.39. The van der Waals surface area contributed by atoms with Crippen molar-refractivity contribution < 1.29 is 46.6 Å². The summed E-state index contributed by atoms with van der Waals surface area (Å²) in [6, 6.07) is 15.9. The number of fused-ring (bicyclic) bond motifs is 1. The minimum absolute atomic E-state index is 0.0226. The number of nitrogen functional groups attached to an aromatic ring is 1. The first-order valence-corrected chi connectivity index (χ1v) is 20.1. The maximum atomic E-state index is 14.1. The summed E-state index contributed by atoms with van der Waals surface area (Å²) in [7, 11) is 0. The predicted octanol–water partition coefficient (Wildman–Crippen LogP) is 4.97. The largest absolute Gasteiger partial charge is 0.461 e. The van der Waals surface area contributed by atoms with Gasteiger partial charge in [0.25, 0.3) is 5.91 Å². The van der Waals surface area contributed by atoms with Crippen LogP contribution >= 0.6 is 11.6 Å². The number of esters is 1. The molecule has 7 rings (SSSR count). The van der Waals surface area contributed by atoms with Gasteiger partial charge >= 0.3 is 18.2 Å². The maximum absolute atomic E-state index is 14.1. The topological polar surface area (TPSA) is 159 Å². The van der Waals surface area contributed by atoms with Gasteiger partial charge in [-0.2, -0.15) is 13.2 Å². The van der Waals surface area contributed by atoms with Gasteiger partial charge < -0.3 is 45.3 Å². The average molecular weight is 842 g/mol. The van der Waals surface area contributed by atoms with Crippen LogP contribution in [0.3, 0.4) is 0 Å². The molecule has 3 aromatic carbocycles. The molecule has 4 aliphatic rings. The Kier molecular flexibility index (Phi) is 13.0. The number of alkyl halides is 3. The normalized spacial score (nSPS) is 19.6. The molecule has 3 amide bonds. The van der Waals surface area contributed by atoms with Gasteiger partial charge in [-0.05, 0) is 72.9 Å². The van der Waals surface area contributed by atoms with Crippen molar-refractivity contribution in [1.29, 1.82) is 0 Å². The van der Waals surface area contributed by atoms with Crippen LogP contribution in [-0.4, -0.2) is 129 Å². The van der Waals surface area contributed by atoms with Gasteiger partial charge in [-0.1, -0.05) is 23.7 Å². The van der Waals surface area contributed by atoms with E-state index >= 15 is 0 Å². The molecule has 14 nitrogen and oxygen atoms in total. The number of halogens is 4. The SMILES string of the molecule is Nc1c(Cl)cc(C[C@@H](OC(=O)N2CCC(C3Nc4ccccc4NC3=O)CC2)C(=O)N2CCN(c3ccc(C(=O)OCCN4CCOCC4)cc3)CC2)cc1C(F)(F)F. The van der Waals surface area contributed by atoms with Gasteiger partial charge in [-0.3, -0.25) is 14.5 Å². The van der Waals surface area contributed by atoms with E-state index in [0.29, 0.717) is 56.9 Å². The van der Waals surface area contributed by atoms with E-state index in [0.717, 1.165) is 30.5 Å². The Balaban J connectivity index is 0.975. The molecule has 3 saturated heterocycles. The van der Waals surface area contributed by atoms with Crippen LogP contribution < -0.4 is 21.3 Å². The van der Waals surface area contributed by atoms with Gasteiger partial charge in [0.05, 0.1) is 46.4 Å². The number of hydrogen-bond acceptors (Lipinski definition) is 11. The fraction of sp³-hybridized carbons (Fsp3) is 0.463. The number of piperidine rings is 1. The fourth-order valence-electron chi connectivity index (χ4n) is 7.90. The Bertz CT molecular complexity index is 2000. The zero-order valence-electron chi connectivity index (χ0n) is 32.3. The summed E-state index contributed by atoms with van der Waals surface area (Å²) in [6.07, 6.45) is -6.49. The first-order chi connectivity index (χ1) is 28.3. The Labute approximate surface area is 344 Å². The van der Waals surface area contributed by atoms with E-state index < -0.39 is 47.5 Å². The Morgan fingerprint density at radius 2 is 1.58 bits per heavy atom. The molecular weight excluding hydrogens is 795 g/mol. The molecule has 0 aliphatic carbocycles. The zero-order chi connectivity index (χ0) is 41.7. The molecule has 0 radical (unpaired) electrons. The van der Waals surface area contributed by atoms with E-state index in [-0.39, 0.29) is 61.6 Å². The van der Waals surface area contributed by atoms with Crippen molar-refractivity contribution in [2.24, 2.45) is 5.92 Å². The molecule has 4 N–H and O–H groups in total. The number of nitrogens with one attached hydrogen (secondary N) is 2. The Hall–Kier alpha value is -5.26. The molecule has 3 aromatic rings. The van der Waals surface area contributed by atoms with E-state index in [9.17, 15) is 32.3 Å². The van der Waals surface area contributed by atoms with Crippen LogP contribution in [0, 0.1) is 5.92 Å². The van der Waals surface area contributed by atoms with Crippen LogP contribution in [0.2, 0.25) is 5.02 Å². The standard InChI is InChI=1S/C41H47ClF3N7O7/c42-31-24-26(23-30(35(31)46)41(43,44)45)25-34(59-40(56)52-11-9-27(10-12-52)36-37(53)48-33-4-2-1-3-32(33)47-36)38(54)51-15-13-50(14-16-51)29-7-5-28(6-8-29)39(55)58-22-19-49-17-20-57-21-18-49/h1-8,23-24,27,34,36,47H,9-22,25,46H2,(H,48,53)/t34-,36?/m1/s1. The van der Waals surface area contributed by atoms with Crippen molar-refractivity contribution in [3.05, 3.63) is 82.4 Å². The quantitative estimate of drug-likeness (QED) is 0.187. The predicted molar refractivity (Wildman–Crippen MR) is 214 cm³/mol.